The molecule has 8 atom stereocenters. The van der Waals surface area contributed by atoms with Crippen molar-refractivity contribution in [3.63, 3.8) is 0 Å². The van der Waals surface area contributed by atoms with E-state index in [0.717, 1.165) is 18.3 Å². The molecule has 2 saturated heterocycles. The van der Waals surface area contributed by atoms with E-state index in [2.05, 4.69) is 47.4 Å². The summed E-state index contributed by atoms with van der Waals surface area (Å²) in [5.74, 6) is 1.55. The van der Waals surface area contributed by atoms with Gasteiger partial charge in [0.25, 0.3) is 0 Å². The summed E-state index contributed by atoms with van der Waals surface area (Å²) in [5, 5.41) is 27.2. The molecule has 2 aliphatic heterocycles. The number of nitrogens with one attached hydrogen (secondary N) is 5. The predicted octanol–water partition coefficient (Wildman–Crippen LogP) is -0.181. The molecule has 0 spiro atoms. The monoisotopic (exact) mass is 297 g/mol. The number of rotatable bonds is 2. The molecule has 0 aromatic rings. The van der Waals surface area contributed by atoms with Gasteiger partial charge in [-0.15, -0.1) is 0 Å². The van der Waals surface area contributed by atoms with Crippen LogP contribution >= 0.6 is 0 Å². The van der Waals surface area contributed by atoms with Crippen molar-refractivity contribution in [2.75, 3.05) is 0 Å². The number of hydrogen-bond acceptors (Lipinski definition) is 6. The lowest BCUT2D eigenvalue weighted by Gasteiger charge is -2.48. The van der Waals surface area contributed by atoms with E-state index in [1.165, 1.54) is 19.3 Å². The molecule has 21 heavy (non-hydrogen) atoms. The summed E-state index contributed by atoms with van der Waals surface area (Å²) in [6.07, 6.45) is 4.23. The standard InChI is InChI=1S/C15H31N5O/c1-8-4-5-11-10(3)17-15(18-12(11)6-8)20-14-16-9(2)7-13(21)19-14/h8-21H,4-7H2,1-3H3. The van der Waals surface area contributed by atoms with Crippen molar-refractivity contribution in [2.24, 2.45) is 11.8 Å². The molecule has 6 N–H and O–H groups in total. The van der Waals surface area contributed by atoms with Crippen LogP contribution in [0.15, 0.2) is 0 Å². The molecule has 122 valence electrons. The Kier molecular flexibility index (Phi) is 4.83. The van der Waals surface area contributed by atoms with Crippen molar-refractivity contribution in [1.82, 2.24) is 26.6 Å². The highest BCUT2D eigenvalue weighted by Crippen LogP contribution is 2.32. The number of aliphatic hydroxyl groups excluding tert-OH is 1. The second-order valence-corrected chi connectivity index (χ2v) is 7.33. The SMILES string of the molecule is CC1CCC2C(C)NC(NC3NC(C)CC(O)N3)NC2C1. The fraction of sp³-hybridized carbons (Fsp3) is 1.00. The third-order valence-electron chi connectivity index (χ3n) is 5.34. The summed E-state index contributed by atoms with van der Waals surface area (Å²) in [6.45, 7) is 6.75. The second kappa shape index (κ2) is 6.48. The third kappa shape index (κ3) is 3.75. The van der Waals surface area contributed by atoms with Gasteiger partial charge in [0, 0.05) is 24.5 Å². The van der Waals surface area contributed by atoms with E-state index in [1.54, 1.807) is 0 Å². The van der Waals surface area contributed by atoms with E-state index in [0.29, 0.717) is 18.1 Å². The summed E-state index contributed by atoms with van der Waals surface area (Å²) in [6, 6.07) is 1.42. The summed E-state index contributed by atoms with van der Waals surface area (Å²) in [4.78, 5) is 0. The van der Waals surface area contributed by atoms with Crippen molar-refractivity contribution in [3.05, 3.63) is 0 Å². The minimum Gasteiger partial charge on any atom is -0.378 e. The molecular formula is C15H31N5O. The highest BCUT2D eigenvalue weighted by atomic mass is 16.3. The highest BCUT2D eigenvalue weighted by molar-refractivity contribution is 4.95. The smallest absolute Gasteiger partial charge is 0.116 e. The van der Waals surface area contributed by atoms with Crippen LogP contribution in [0.1, 0.15) is 46.5 Å². The highest BCUT2D eigenvalue weighted by Gasteiger charge is 2.38. The Balaban J connectivity index is 1.56. The molecule has 0 amide bonds. The quantitative estimate of drug-likeness (QED) is 0.424. The molecule has 6 nitrogen and oxygen atoms in total. The summed E-state index contributed by atoms with van der Waals surface area (Å²) < 4.78 is 0. The normalized spacial score (nSPS) is 51.4. The van der Waals surface area contributed by atoms with Gasteiger partial charge in [-0.2, -0.15) is 0 Å². The van der Waals surface area contributed by atoms with Crippen LogP contribution in [-0.4, -0.2) is 42.0 Å². The van der Waals surface area contributed by atoms with E-state index >= 15 is 0 Å². The van der Waals surface area contributed by atoms with Gasteiger partial charge < -0.3 is 5.11 Å². The van der Waals surface area contributed by atoms with Crippen LogP contribution in [0.2, 0.25) is 0 Å². The van der Waals surface area contributed by atoms with Crippen molar-refractivity contribution in [1.29, 1.82) is 0 Å². The van der Waals surface area contributed by atoms with E-state index in [1.807, 2.05) is 0 Å². The average Bonchev–Trinajstić information content (AvgIpc) is 2.36. The molecule has 1 aliphatic carbocycles. The van der Waals surface area contributed by atoms with Gasteiger partial charge >= 0.3 is 0 Å². The Hall–Kier alpha value is -0.240. The van der Waals surface area contributed by atoms with Crippen molar-refractivity contribution < 1.29 is 5.11 Å². The summed E-state index contributed by atoms with van der Waals surface area (Å²) >= 11 is 0. The van der Waals surface area contributed by atoms with Gasteiger partial charge in [0.05, 0.1) is 0 Å². The molecule has 0 aromatic heterocycles. The predicted molar refractivity (Wildman–Crippen MR) is 83.1 cm³/mol. The molecule has 1 saturated carbocycles. The maximum Gasteiger partial charge on any atom is 0.116 e. The van der Waals surface area contributed by atoms with Crippen LogP contribution in [0.4, 0.5) is 0 Å². The first kappa shape index (κ1) is 15.6. The molecular weight excluding hydrogens is 266 g/mol. The molecule has 0 radical (unpaired) electrons. The Labute approximate surface area is 127 Å². The molecule has 8 unspecified atom stereocenters. The molecule has 3 fully saturated rings. The molecule has 0 aromatic carbocycles. The van der Waals surface area contributed by atoms with Crippen LogP contribution in [-0.2, 0) is 0 Å². The van der Waals surface area contributed by atoms with Crippen LogP contribution < -0.4 is 26.6 Å². The zero-order chi connectivity index (χ0) is 15.0. The Morgan fingerprint density at radius 1 is 0.905 bits per heavy atom. The Morgan fingerprint density at radius 2 is 1.67 bits per heavy atom. The number of fused-ring (bicyclic) bond motifs is 1. The summed E-state index contributed by atoms with van der Waals surface area (Å²) in [5.41, 5.74) is 0. The van der Waals surface area contributed by atoms with Gasteiger partial charge in [0.1, 0.15) is 18.8 Å². The van der Waals surface area contributed by atoms with E-state index in [9.17, 15) is 5.11 Å². The first-order valence-corrected chi connectivity index (χ1v) is 8.49. The lowest BCUT2D eigenvalue weighted by Crippen LogP contribution is -2.74. The zero-order valence-electron chi connectivity index (χ0n) is 13.4. The number of hydrogen-bond donors (Lipinski definition) is 6. The molecule has 0 bridgehead atoms. The first-order valence-electron chi connectivity index (χ1n) is 8.49. The van der Waals surface area contributed by atoms with Crippen molar-refractivity contribution in [2.45, 2.75) is 83.4 Å². The van der Waals surface area contributed by atoms with Crippen molar-refractivity contribution in [3.8, 4) is 0 Å². The number of aliphatic hydroxyl groups is 1. The Bertz CT molecular complexity index is 345. The van der Waals surface area contributed by atoms with Gasteiger partial charge in [-0.1, -0.05) is 13.3 Å². The van der Waals surface area contributed by atoms with Gasteiger partial charge in [-0.25, -0.2) is 0 Å². The lowest BCUT2D eigenvalue weighted by molar-refractivity contribution is 0.0310. The topological polar surface area (TPSA) is 80.4 Å². The van der Waals surface area contributed by atoms with E-state index in [4.69, 9.17) is 0 Å². The first-order chi connectivity index (χ1) is 10.0. The van der Waals surface area contributed by atoms with Crippen LogP contribution in [0.3, 0.4) is 0 Å². The van der Waals surface area contributed by atoms with Crippen LogP contribution in [0.5, 0.6) is 0 Å². The van der Waals surface area contributed by atoms with Crippen LogP contribution in [0.25, 0.3) is 0 Å². The minimum atomic E-state index is -0.442. The fourth-order valence-corrected chi connectivity index (χ4v) is 4.20. The van der Waals surface area contributed by atoms with Gasteiger partial charge in [-0.3, -0.25) is 26.6 Å². The van der Waals surface area contributed by atoms with Gasteiger partial charge in [-0.05, 0) is 38.5 Å². The fourth-order valence-electron chi connectivity index (χ4n) is 4.20. The van der Waals surface area contributed by atoms with Crippen LogP contribution in [0, 0.1) is 11.8 Å². The van der Waals surface area contributed by atoms with Crippen molar-refractivity contribution >= 4 is 0 Å². The molecule has 2 heterocycles. The minimum absolute atomic E-state index is 0.0708. The lowest BCUT2D eigenvalue weighted by atomic mass is 9.75. The molecule has 3 aliphatic rings. The van der Waals surface area contributed by atoms with Gasteiger partial charge in [0.15, 0.2) is 0 Å². The summed E-state index contributed by atoms with van der Waals surface area (Å²) in [7, 11) is 0. The molecule has 3 rings (SSSR count). The molecule has 6 heteroatoms. The largest absolute Gasteiger partial charge is 0.378 e. The second-order valence-electron chi connectivity index (χ2n) is 7.33. The average molecular weight is 297 g/mol. The van der Waals surface area contributed by atoms with E-state index < -0.39 is 6.23 Å². The third-order valence-corrected chi connectivity index (χ3v) is 5.34. The maximum atomic E-state index is 9.82. The maximum absolute atomic E-state index is 9.82. The Morgan fingerprint density at radius 3 is 2.43 bits per heavy atom. The zero-order valence-corrected chi connectivity index (χ0v) is 13.4. The van der Waals surface area contributed by atoms with Gasteiger partial charge in [0.2, 0.25) is 0 Å². The van der Waals surface area contributed by atoms with E-state index in [-0.39, 0.29) is 12.6 Å².